The molecule has 0 saturated carbocycles. The first kappa shape index (κ1) is 14.3. The molecule has 0 heterocycles. The fourth-order valence-electron chi connectivity index (χ4n) is 1.83. The summed E-state index contributed by atoms with van der Waals surface area (Å²) in [7, 11) is 1.65. The molecular formula is C15H21NO2. The highest BCUT2D eigenvalue weighted by atomic mass is 16.5. The number of benzene rings is 1. The molecule has 0 aliphatic rings. The van der Waals surface area contributed by atoms with Gasteiger partial charge in [-0.2, -0.15) is 0 Å². The number of hydrogen-bond donors (Lipinski definition) is 0. The summed E-state index contributed by atoms with van der Waals surface area (Å²) in [5, 5.41) is 0. The first-order valence-electron chi connectivity index (χ1n) is 6.24. The van der Waals surface area contributed by atoms with E-state index >= 15 is 0 Å². The second-order valence-electron chi connectivity index (χ2n) is 4.04. The van der Waals surface area contributed by atoms with E-state index in [2.05, 4.69) is 24.8 Å². The van der Waals surface area contributed by atoms with Crippen molar-refractivity contribution < 1.29 is 9.53 Å². The lowest BCUT2D eigenvalue weighted by molar-refractivity contribution is -0.112. The second kappa shape index (κ2) is 6.84. The Hall–Kier alpha value is -1.77. The van der Waals surface area contributed by atoms with Gasteiger partial charge in [0.05, 0.1) is 7.11 Å². The minimum Gasteiger partial charge on any atom is -0.496 e. The molecule has 0 fully saturated rings. The van der Waals surface area contributed by atoms with E-state index in [0.29, 0.717) is 0 Å². The summed E-state index contributed by atoms with van der Waals surface area (Å²) in [5.41, 5.74) is 2.06. The van der Waals surface area contributed by atoms with Crippen molar-refractivity contribution >= 4 is 17.5 Å². The van der Waals surface area contributed by atoms with Crippen LogP contribution in [-0.4, -0.2) is 26.0 Å². The number of nitrogens with zero attached hydrogens (tertiary/aromatic N) is 1. The van der Waals surface area contributed by atoms with Crippen LogP contribution in [0.1, 0.15) is 26.3 Å². The highest BCUT2D eigenvalue weighted by molar-refractivity contribution is 5.92. The average molecular weight is 247 g/mol. The molecule has 1 rings (SSSR count). The Morgan fingerprint density at radius 1 is 1.33 bits per heavy atom. The lowest BCUT2D eigenvalue weighted by atomic mass is 10.1. The minimum atomic E-state index is 0.0323. The summed E-state index contributed by atoms with van der Waals surface area (Å²) in [6, 6.07) is 6.04. The molecule has 1 aromatic carbocycles. The maximum absolute atomic E-state index is 10.9. The summed E-state index contributed by atoms with van der Waals surface area (Å²) in [6.45, 7) is 7.71. The topological polar surface area (TPSA) is 29.5 Å². The standard InChI is InChI=1S/C15H21NO2/c1-5-16(6-2)14-10-9-13(8-7-12(3)17)15(11-14)18-4/h7-11H,5-6H2,1-4H3/b8-7-. The van der Waals surface area contributed by atoms with Crippen molar-refractivity contribution in [3.05, 3.63) is 29.8 Å². The van der Waals surface area contributed by atoms with Gasteiger partial charge in [0.2, 0.25) is 0 Å². The van der Waals surface area contributed by atoms with Crippen LogP contribution in [0.3, 0.4) is 0 Å². The number of ketones is 1. The summed E-state index contributed by atoms with van der Waals surface area (Å²) in [5.74, 6) is 0.821. The SMILES string of the molecule is CCN(CC)c1ccc(/C=C\C(C)=O)c(OC)c1. The lowest BCUT2D eigenvalue weighted by Crippen LogP contribution is -2.21. The van der Waals surface area contributed by atoms with E-state index < -0.39 is 0 Å². The predicted octanol–water partition coefficient (Wildman–Crippen LogP) is 3.14. The van der Waals surface area contributed by atoms with Gasteiger partial charge >= 0.3 is 0 Å². The van der Waals surface area contributed by atoms with Crippen molar-refractivity contribution in [2.24, 2.45) is 0 Å². The first-order chi connectivity index (χ1) is 8.62. The van der Waals surface area contributed by atoms with Crippen molar-refractivity contribution in [3.8, 4) is 5.75 Å². The minimum absolute atomic E-state index is 0.0323. The van der Waals surface area contributed by atoms with Crippen LogP contribution in [0, 0.1) is 0 Å². The molecule has 0 bridgehead atoms. The molecule has 0 radical (unpaired) electrons. The maximum Gasteiger partial charge on any atom is 0.152 e. The van der Waals surface area contributed by atoms with Gasteiger partial charge in [-0.3, -0.25) is 4.79 Å². The van der Waals surface area contributed by atoms with Crippen LogP contribution in [0.4, 0.5) is 5.69 Å². The Balaban J connectivity index is 3.06. The highest BCUT2D eigenvalue weighted by Gasteiger charge is 2.06. The van der Waals surface area contributed by atoms with E-state index in [1.165, 1.54) is 6.92 Å². The predicted molar refractivity (Wildman–Crippen MR) is 76.3 cm³/mol. The number of carbonyl (C=O) groups excluding carboxylic acids is 1. The summed E-state index contributed by atoms with van der Waals surface area (Å²) < 4.78 is 5.37. The summed E-state index contributed by atoms with van der Waals surface area (Å²) in [6.07, 6.45) is 3.34. The van der Waals surface area contributed by atoms with E-state index in [9.17, 15) is 4.79 Å². The summed E-state index contributed by atoms with van der Waals surface area (Å²) in [4.78, 5) is 13.2. The van der Waals surface area contributed by atoms with E-state index in [0.717, 1.165) is 30.1 Å². The Morgan fingerprint density at radius 2 is 2.00 bits per heavy atom. The van der Waals surface area contributed by atoms with E-state index in [4.69, 9.17) is 4.74 Å². The lowest BCUT2D eigenvalue weighted by Gasteiger charge is -2.22. The number of carbonyl (C=O) groups is 1. The van der Waals surface area contributed by atoms with E-state index in [1.54, 1.807) is 19.3 Å². The van der Waals surface area contributed by atoms with Crippen LogP contribution in [0.25, 0.3) is 6.08 Å². The monoisotopic (exact) mass is 247 g/mol. The van der Waals surface area contributed by atoms with Crippen molar-refractivity contribution in [1.82, 2.24) is 0 Å². The molecule has 18 heavy (non-hydrogen) atoms. The smallest absolute Gasteiger partial charge is 0.152 e. The molecule has 0 unspecified atom stereocenters. The zero-order chi connectivity index (χ0) is 13.5. The van der Waals surface area contributed by atoms with E-state index in [-0.39, 0.29) is 5.78 Å². The molecule has 0 amide bonds. The highest BCUT2D eigenvalue weighted by Crippen LogP contribution is 2.26. The first-order valence-corrected chi connectivity index (χ1v) is 6.24. The van der Waals surface area contributed by atoms with Crippen molar-refractivity contribution in [1.29, 1.82) is 0 Å². The molecule has 0 spiro atoms. The molecule has 0 aliphatic carbocycles. The van der Waals surface area contributed by atoms with Gasteiger partial charge < -0.3 is 9.64 Å². The van der Waals surface area contributed by atoms with Crippen LogP contribution in [0.2, 0.25) is 0 Å². The Labute approximate surface area is 109 Å². The van der Waals surface area contributed by atoms with Gasteiger partial charge in [0.1, 0.15) is 5.75 Å². The van der Waals surface area contributed by atoms with Crippen LogP contribution in [0.5, 0.6) is 5.75 Å². The van der Waals surface area contributed by atoms with Crippen LogP contribution in [-0.2, 0) is 4.79 Å². The molecule has 3 nitrogen and oxygen atoms in total. The van der Waals surface area contributed by atoms with Gasteiger partial charge in [0.15, 0.2) is 5.78 Å². The van der Waals surface area contributed by atoms with E-state index in [1.807, 2.05) is 12.1 Å². The number of allylic oxidation sites excluding steroid dienone is 1. The van der Waals surface area contributed by atoms with Crippen molar-refractivity contribution in [2.45, 2.75) is 20.8 Å². The Kier molecular flexibility index (Phi) is 5.43. The maximum atomic E-state index is 10.9. The summed E-state index contributed by atoms with van der Waals surface area (Å²) >= 11 is 0. The van der Waals surface area contributed by atoms with Gasteiger partial charge in [0, 0.05) is 30.4 Å². The molecular weight excluding hydrogens is 226 g/mol. The average Bonchev–Trinajstić information content (AvgIpc) is 2.38. The number of methoxy groups -OCH3 is 1. The van der Waals surface area contributed by atoms with Gasteiger partial charge in [-0.05, 0) is 45.1 Å². The number of rotatable bonds is 6. The third-order valence-electron chi connectivity index (χ3n) is 2.84. The van der Waals surface area contributed by atoms with Gasteiger partial charge in [-0.15, -0.1) is 0 Å². The van der Waals surface area contributed by atoms with Gasteiger partial charge in [-0.25, -0.2) is 0 Å². The third-order valence-corrected chi connectivity index (χ3v) is 2.84. The molecule has 3 heteroatoms. The fourth-order valence-corrected chi connectivity index (χ4v) is 1.83. The quantitative estimate of drug-likeness (QED) is 0.723. The van der Waals surface area contributed by atoms with Crippen molar-refractivity contribution in [3.63, 3.8) is 0 Å². The third kappa shape index (κ3) is 3.62. The Bertz CT molecular complexity index is 434. The molecule has 0 aliphatic heterocycles. The molecule has 1 aromatic rings. The van der Waals surface area contributed by atoms with Crippen molar-refractivity contribution in [2.75, 3.05) is 25.1 Å². The largest absolute Gasteiger partial charge is 0.496 e. The Morgan fingerprint density at radius 3 is 2.50 bits per heavy atom. The molecule has 0 atom stereocenters. The normalized spacial score (nSPS) is 10.7. The number of hydrogen-bond acceptors (Lipinski definition) is 3. The number of ether oxygens (including phenoxy) is 1. The molecule has 0 saturated heterocycles. The van der Waals surface area contributed by atoms with Crippen LogP contribution in [0.15, 0.2) is 24.3 Å². The van der Waals surface area contributed by atoms with Gasteiger partial charge in [-0.1, -0.05) is 0 Å². The molecule has 98 valence electrons. The van der Waals surface area contributed by atoms with Crippen LogP contribution < -0.4 is 9.64 Å². The zero-order valence-electron chi connectivity index (χ0n) is 11.6. The zero-order valence-corrected chi connectivity index (χ0v) is 11.6. The molecule has 0 aromatic heterocycles. The number of anilines is 1. The second-order valence-corrected chi connectivity index (χ2v) is 4.04. The molecule has 0 N–H and O–H groups in total. The van der Waals surface area contributed by atoms with Crippen LogP contribution >= 0.6 is 0 Å². The fraction of sp³-hybridized carbons (Fsp3) is 0.400. The van der Waals surface area contributed by atoms with Gasteiger partial charge in [0.25, 0.3) is 0 Å².